The van der Waals surface area contributed by atoms with E-state index in [1.54, 1.807) is 0 Å². The predicted octanol–water partition coefficient (Wildman–Crippen LogP) is 16.3. The number of aromatic nitrogens is 3. The lowest BCUT2D eigenvalue weighted by molar-refractivity contribution is 0.364. The highest BCUT2D eigenvalue weighted by Crippen LogP contribution is 2.42. The minimum absolute atomic E-state index is 0.737. The summed E-state index contributed by atoms with van der Waals surface area (Å²) in [6.45, 7) is 10.2. The van der Waals surface area contributed by atoms with Crippen LogP contribution in [0.25, 0.3) is 53.0 Å². The fourth-order valence-electron chi connectivity index (χ4n) is 8.22. The van der Waals surface area contributed by atoms with E-state index in [0.29, 0.717) is 0 Å². The first-order valence-corrected chi connectivity index (χ1v) is 23.3. The molecule has 0 radical (unpaired) electrons. The van der Waals surface area contributed by atoms with Crippen molar-refractivity contribution in [3.05, 3.63) is 59.0 Å². The van der Waals surface area contributed by atoms with Crippen LogP contribution in [-0.4, -0.2) is 13.3 Å². The lowest BCUT2D eigenvalue weighted by Gasteiger charge is -2.20. The molecular formula is C46H63N3S3. The summed E-state index contributed by atoms with van der Waals surface area (Å²) < 4.78 is 13.4. The molecular weight excluding hydrogens is 691 g/mol. The van der Waals surface area contributed by atoms with Gasteiger partial charge in [-0.3, -0.25) is 0 Å². The summed E-state index contributed by atoms with van der Waals surface area (Å²) in [5, 5.41) is 1.42. The zero-order valence-corrected chi connectivity index (χ0v) is 35.1. The van der Waals surface area contributed by atoms with Crippen LogP contribution in [-0.2, 0) is 6.54 Å². The molecule has 0 fully saturated rings. The molecule has 6 heteroatoms. The lowest BCUT2D eigenvalue weighted by atomic mass is 9.93. The van der Waals surface area contributed by atoms with E-state index in [0.717, 1.165) is 23.5 Å². The number of aryl methyl sites for hydroxylation is 2. The maximum atomic E-state index is 4.68. The van der Waals surface area contributed by atoms with E-state index in [2.05, 4.69) is 89.5 Å². The van der Waals surface area contributed by atoms with Crippen molar-refractivity contribution in [2.75, 3.05) is 0 Å². The summed E-state index contributed by atoms with van der Waals surface area (Å²) in [5.74, 6) is 0.737. The number of benzene rings is 2. The van der Waals surface area contributed by atoms with Gasteiger partial charge in [0.2, 0.25) is 0 Å². The zero-order chi connectivity index (χ0) is 36.1. The molecule has 4 aromatic heterocycles. The highest BCUT2D eigenvalue weighted by molar-refractivity contribution is 7.20. The Hall–Kier alpha value is -2.54. The van der Waals surface area contributed by atoms with Gasteiger partial charge in [-0.25, -0.2) is 0 Å². The summed E-state index contributed by atoms with van der Waals surface area (Å²) >= 11 is 5.17. The normalized spacial score (nSPS) is 12.6. The predicted molar refractivity (Wildman–Crippen MR) is 234 cm³/mol. The van der Waals surface area contributed by atoms with Gasteiger partial charge in [0.25, 0.3) is 0 Å². The first-order valence-electron chi connectivity index (χ1n) is 20.9. The Morgan fingerprint density at radius 2 is 1.17 bits per heavy atom. The zero-order valence-electron chi connectivity index (χ0n) is 32.6. The fraction of sp³-hybridized carbons (Fsp3) is 0.565. The second kappa shape index (κ2) is 20.2. The lowest BCUT2D eigenvalue weighted by Crippen LogP contribution is -2.11. The highest BCUT2D eigenvalue weighted by atomic mass is 32.1. The number of unbranched alkanes of at least 4 members (excludes halogenated alkanes) is 16. The van der Waals surface area contributed by atoms with Crippen molar-refractivity contribution in [2.24, 2.45) is 5.92 Å². The summed E-state index contributed by atoms with van der Waals surface area (Å²) in [4.78, 5) is 4.01. The van der Waals surface area contributed by atoms with Gasteiger partial charge in [0.15, 0.2) is 0 Å². The van der Waals surface area contributed by atoms with Crippen molar-refractivity contribution in [1.29, 1.82) is 0 Å². The maximum absolute atomic E-state index is 4.68. The molecule has 0 spiro atoms. The fourth-order valence-corrected chi connectivity index (χ4v) is 10.9. The van der Waals surface area contributed by atoms with Crippen LogP contribution in [0, 0.1) is 19.8 Å². The third-order valence-electron chi connectivity index (χ3n) is 11.3. The Morgan fingerprint density at radius 1 is 0.577 bits per heavy atom. The smallest absolute Gasteiger partial charge is 0.113 e. The molecule has 0 aliphatic rings. The van der Waals surface area contributed by atoms with Gasteiger partial charge >= 0.3 is 0 Å². The Kier molecular flexibility index (Phi) is 15.2. The van der Waals surface area contributed by atoms with Gasteiger partial charge < -0.3 is 4.57 Å². The van der Waals surface area contributed by atoms with Crippen LogP contribution in [0.5, 0.6) is 0 Å². The maximum Gasteiger partial charge on any atom is 0.113 e. The molecule has 2 aromatic carbocycles. The molecule has 0 amide bonds. The van der Waals surface area contributed by atoms with Crippen LogP contribution in [0.15, 0.2) is 48.5 Å². The summed E-state index contributed by atoms with van der Waals surface area (Å²) in [7, 11) is 0. The molecule has 6 aromatic rings. The quantitative estimate of drug-likeness (QED) is 0.0576. The molecule has 0 saturated heterocycles. The minimum atomic E-state index is 0.737. The van der Waals surface area contributed by atoms with Gasteiger partial charge in [-0.15, -0.1) is 22.7 Å². The van der Waals surface area contributed by atoms with Crippen LogP contribution in [0.3, 0.4) is 0 Å². The molecule has 1 atom stereocenters. The molecule has 0 aliphatic carbocycles. The largest absolute Gasteiger partial charge is 0.339 e. The number of hydrogen-bond acceptors (Lipinski definition) is 5. The van der Waals surface area contributed by atoms with Crippen LogP contribution in [0.1, 0.15) is 153 Å². The van der Waals surface area contributed by atoms with Crippen LogP contribution in [0.4, 0.5) is 0 Å². The number of fused-ring (bicyclic) bond motifs is 4. The van der Waals surface area contributed by atoms with Gasteiger partial charge in [-0.2, -0.15) is 8.75 Å². The average molecular weight is 754 g/mol. The second-order valence-electron chi connectivity index (χ2n) is 15.6. The second-order valence-corrected chi connectivity index (χ2v) is 18.4. The highest BCUT2D eigenvalue weighted by Gasteiger charge is 2.19. The standard InChI is InChI=1S/C46H63N3S3/c1-5-7-9-11-13-15-16-18-20-22-24-36(23-21-19-17-14-12-10-8-6-2)33-49-40-32-37(26-28-38(40)46-41(49)31-35(4)50-46)42-29-30-43(51-42)39-27-25-34(3)44-45(39)48-52-47-44/h25-32,36H,5-24,33H2,1-4H3. The first-order chi connectivity index (χ1) is 25.6. The van der Waals surface area contributed by atoms with Crippen molar-refractivity contribution in [1.82, 2.24) is 13.3 Å². The van der Waals surface area contributed by atoms with E-state index in [1.165, 1.54) is 193 Å². The van der Waals surface area contributed by atoms with E-state index in [4.69, 9.17) is 0 Å². The van der Waals surface area contributed by atoms with Crippen molar-refractivity contribution < 1.29 is 0 Å². The molecule has 1 unspecified atom stereocenters. The third-order valence-corrected chi connectivity index (χ3v) is 14.1. The monoisotopic (exact) mass is 753 g/mol. The molecule has 0 aliphatic heterocycles. The minimum Gasteiger partial charge on any atom is -0.339 e. The van der Waals surface area contributed by atoms with Crippen molar-refractivity contribution in [3.8, 4) is 20.9 Å². The average Bonchev–Trinajstić information content (AvgIpc) is 3.96. The Bertz CT molecular complexity index is 1960. The van der Waals surface area contributed by atoms with Gasteiger partial charge in [0.05, 0.1) is 27.5 Å². The van der Waals surface area contributed by atoms with E-state index in [9.17, 15) is 0 Å². The summed E-state index contributed by atoms with van der Waals surface area (Å²) in [5.41, 5.74) is 8.64. The summed E-state index contributed by atoms with van der Waals surface area (Å²) in [6, 6.07) is 18.7. The number of thiophene rings is 2. The van der Waals surface area contributed by atoms with Gasteiger partial charge in [-0.1, -0.05) is 154 Å². The summed E-state index contributed by atoms with van der Waals surface area (Å²) in [6.07, 6.45) is 28.0. The van der Waals surface area contributed by atoms with Crippen molar-refractivity contribution in [3.63, 3.8) is 0 Å². The molecule has 3 nitrogen and oxygen atoms in total. The molecule has 0 bridgehead atoms. The molecule has 280 valence electrons. The molecule has 0 saturated carbocycles. The van der Waals surface area contributed by atoms with E-state index in [-0.39, 0.29) is 0 Å². The first kappa shape index (κ1) is 39.2. The SMILES string of the molecule is CCCCCCCCCCCCC(CCCCCCCCCC)Cn1c2cc(-c3ccc(-c4ccc(C)c5nsnc45)s3)ccc2c2sc(C)cc21. The van der Waals surface area contributed by atoms with Crippen molar-refractivity contribution >= 4 is 66.6 Å². The van der Waals surface area contributed by atoms with Gasteiger partial charge in [0, 0.05) is 32.1 Å². The van der Waals surface area contributed by atoms with E-state index < -0.39 is 0 Å². The van der Waals surface area contributed by atoms with Crippen LogP contribution >= 0.6 is 34.4 Å². The van der Waals surface area contributed by atoms with Crippen LogP contribution < -0.4 is 0 Å². The van der Waals surface area contributed by atoms with E-state index >= 15 is 0 Å². The van der Waals surface area contributed by atoms with E-state index in [1.807, 2.05) is 22.7 Å². The Morgan fingerprint density at radius 3 is 1.83 bits per heavy atom. The number of hydrogen-bond donors (Lipinski definition) is 0. The Balaban J connectivity index is 1.17. The molecule has 4 heterocycles. The molecule has 52 heavy (non-hydrogen) atoms. The van der Waals surface area contributed by atoms with Gasteiger partial charge in [-0.05, 0) is 68.0 Å². The Labute approximate surface area is 326 Å². The third kappa shape index (κ3) is 10.2. The molecule has 6 rings (SSSR count). The van der Waals surface area contributed by atoms with Gasteiger partial charge in [0.1, 0.15) is 11.0 Å². The van der Waals surface area contributed by atoms with Crippen molar-refractivity contribution in [2.45, 2.75) is 163 Å². The number of rotatable bonds is 24. The topological polar surface area (TPSA) is 30.7 Å². The number of nitrogens with zero attached hydrogens (tertiary/aromatic N) is 3. The molecule has 0 N–H and O–H groups in total. The van der Waals surface area contributed by atoms with Crippen LogP contribution in [0.2, 0.25) is 0 Å².